The van der Waals surface area contributed by atoms with E-state index in [1.807, 2.05) is 36.4 Å². The first-order valence-corrected chi connectivity index (χ1v) is 12.0. The van der Waals surface area contributed by atoms with Gasteiger partial charge in [0.05, 0.1) is 12.2 Å². The Labute approximate surface area is 176 Å². The average molecular weight is 434 g/mol. The van der Waals surface area contributed by atoms with Gasteiger partial charge in [-0.2, -0.15) is 4.31 Å². The minimum atomic E-state index is -3.71. The molecule has 162 valence electrons. The Kier molecular flexibility index (Phi) is 5.46. The van der Waals surface area contributed by atoms with Gasteiger partial charge in [-0.1, -0.05) is 36.4 Å². The van der Waals surface area contributed by atoms with Crippen LogP contribution in [0, 0.1) is 11.3 Å². The summed E-state index contributed by atoms with van der Waals surface area (Å²) in [6.45, 7) is 1.05. The lowest BCUT2D eigenvalue weighted by Crippen LogP contribution is -2.61. The fourth-order valence-corrected chi connectivity index (χ4v) is 5.88. The van der Waals surface area contributed by atoms with Gasteiger partial charge in [0.1, 0.15) is 6.04 Å². The molecule has 0 aromatic heterocycles. The van der Waals surface area contributed by atoms with Gasteiger partial charge in [-0.3, -0.25) is 14.8 Å². The Morgan fingerprint density at radius 2 is 1.90 bits per heavy atom. The van der Waals surface area contributed by atoms with Crippen LogP contribution < -0.4 is 5.48 Å². The summed E-state index contributed by atoms with van der Waals surface area (Å²) >= 11 is 0. The Morgan fingerprint density at radius 1 is 1.20 bits per heavy atom. The van der Waals surface area contributed by atoms with Crippen LogP contribution in [0.4, 0.5) is 0 Å². The van der Waals surface area contributed by atoms with Gasteiger partial charge >= 0.3 is 0 Å². The molecule has 2 heterocycles. The number of hydrogen-bond donors (Lipinski definition) is 2. The molecule has 1 aromatic carbocycles. The molecule has 1 saturated carbocycles. The fraction of sp³-hybridized carbons (Fsp3) is 0.524. The molecule has 4 rings (SSSR count). The molecule has 9 heteroatoms. The number of nitrogens with zero attached hydrogens (tertiary/aromatic N) is 2. The van der Waals surface area contributed by atoms with Gasteiger partial charge in [-0.15, -0.1) is 0 Å². The molecule has 2 amide bonds. The summed E-state index contributed by atoms with van der Waals surface area (Å²) in [5, 5.41) is 9.24. The van der Waals surface area contributed by atoms with Crippen molar-refractivity contribution in [2.45, 2.75) is 31.7 Å². The third kappa shape index (κ3) is 4.01. The van der Waals surface area contributed by atoms with E-state index in [0.717, 1.165) is 30.2 Å². The standard InChI is InChI=1S/C21H27N3O5S/c1-30(28,29)24-14-21(9-10-21)13-17(19(25)22-27)18(24)20(26)23-11-7-16(8-12-23)15-5-3-2-4-6-15/h2-7,17-18,27H,8-14H2,1H3,(H,22,25)/t17-,18-/m0/s1. The molecule has 30 heavy (non-hydrogen) atoms. The van der Waals surface area contributed by atoms with Gasteiger partial charge in [0, 0.05) is 19.6 Å². The highest BCUT2D eigenvalue weighted by Gasteiger charge is 2.58. The molecule has 1 spiro atoms. The second-order valence-electron chi connectivity index (χ2n) is 8.67. The van der Waals surface area contributed by atoms with Crippen LogP contribution in [0.15, 0.2) is 36.4 Å². The Bertz CT molecular complexity index is 972. The highest BCUT2D eigenvalue weighted by molar-refractivity contribution is 7.88. The monoisotopic (exact) mass is 433 g/mol. The summed E-state index contributed by atoms with van der Waals surface area (Å²) in [6.07, 6.45) is 5.76. The minimum Gasteiger partial charge on any atom is -0.337 e. The number of rotatable bonds is 4. The highest BCUT2D eigenvalue weighted by Crippen LogP contribution is 2.55. The Balaban J connectivity index is 1.60. The van der Waals surface area contributed by atoms with Gasteiger partial charge in [0.2, 0.25) is 21.8 Å². The second kappa shape index (κ2) is 7.79. The molecule has 3 aliphatic rings. The van der Waals surface area contributed by atoms with Crippen LogP contribution in [0.25, 0.3) is 5.57 Å². The van der Waals surface area contributed by atoms with Crippen LogP contribution in [0.3, 0.4) is 0 Å². The van der Waals surface area contributed by atoms with E-state index in [4.69, 9.17) is 0 Å². The number of sulfonamides is 1. The Hall–Kier alpha value is -2.23. The lowest BCUT2D eigenvalue weighted by Gasteiger charge is -2.44. The molecule has 2 fully saturated rings. The highest BCUT2D eigenvalue weighted by atomic mass is 32.2. The Morgan fingerprint density at radius 3 is 2.43 bits per heavy atom. The lowest BCUT2D eigenvalue weighted by atomic mass is 9.81. The number of piperidine rings is 1. The van der Waals surface area contributed by atoms with Crippen molar-refractivity contribution >= 4 is 27.4 Å². The largest absolute Gasteiger partial charge is 0.337 e. The van der Waals surface area contributed by atoms with Crippen molar-refractivity contribution in [2.75, 3.05) is 25.9 Å². The van der Waals surface area contributed by atoms with Gasteiger partial charge < -0.3 is 4.90 Å². The number of carbonyl (C=O) groups is 2. The number of benzene rings is 1. The van der Waals surface area contributed by atoms with Crippen LogP contribution in [0.5, 0.6) is 0 Å². The normalized spacial score (nSPS) is 26.2. The van der Waals surface area contributed by atoms with Crippen molar-refractivity contribution in [3.63, 3.8) is 0 Å². The van der Waals surface area contributed by atoms with Crippen LogP contribution in [-0.2, 0) is 19.6 Å². The van der Waals surface area contributed by atoms with Crippen molar-refractivity contribution in [3.8, 4) is 0 Å². The molecule has 2 N–H and O–H groups in total. The van der Waals surface area contributed by atoms with E-state index in [1.165, 1.54) is 4.31 Å². The maximum absolute atomic E-state index is 13.4. The molecule has 2 atom stereocenters. The van der Waals surface area contributed by atoms with E-state index in [0.29, 0.717) is 25.9 Å². The fourth-order valence-electron chi connectivity index (χ4n) is 4.72. The zero-order chi connectivity index (χ0) is 21.5. The molecule has 0 radical (unpaired) electrons. The van der Waals surface area contributed by atoms with E-state index >= 15 is 0 Å². The minimum absolute atomic E-state index is 0.246. The van der Waals surface area contributed by atoms with Crippen molar-refractivity contribution in [1.29, 1.82) is 0 Å². The van der Waals surface area contributed by atoms with E-state index in [-0.39, 0.29) is 17.9 Å². The summed E-state index contributed by atoms with van der Waals surface area (Å²) in [5.41, 5.74) is 3.63. The predicted molar refractivity (Wildman–Crippen MR) is 111 cm³/mol. The van der Waals surface area contributed by atoms with Crippen LogP contribution >= 0.6 is 0 Å². The smallest absolute Gasteiger partial charge is 0.248 e. The molecule has 8 nitrogen and oxygen atoms in total. The van der Waals surface area contributed by atoms with E-state index in [9.17, 15) is 23.2 Å². The third-order valence-corrected chi connectivity index (χ3v) is 7.79. The van der Waals surface area contributed by atoms with Gasteiger partial charge in [-0.05, 0) is 42.2 Å². The van der Waals surface area contributed by atoms with E-state index < -0.39 is 27.9 Å². The number of hydrogen-bond acceptors (Lipinski definition) is 5. The molecule has 0 bridgehead atoms. The van der Waals surface area contributed by atoms with Gasteiger partial charge in [0.25, 0.3) is 0 Å². The molecular weight excluding hydrogens is 406 g/mol. The molecule has 1 aromatic rings. The summed E-state index contributed by atoms with van der Waals surface area (Å²) in [6, 6.07) is 8.78. The van der Waals surface area contributed by atoms with E-state index in [1.54, 1.807) is 10.4 Å². The average Bonchev–Trinajstić information content (AvgIpc) is 3.50. The lowest BCUT2D eigenvalue weighted by molar-refractivity contribution is -0.148. The summed E-state index contributed by atoms with van der Waals surface area (Å²) in [5.74, 6) is -1.99. The first kappa shape index (κ1) is 21.0. The van der Waals surface area contributed by atoms with Gasteiger partial charge in [-0.25, -0.2) is 13.9 Å². The van der Waals surface area contributed by atoms with Crippen molar-refractivity contribution < 1.29 is 23.2 Å². The van der Waals surface area contributed by atoms with Crippen LogP contribution in [-0.4, -0.2) is 66.6 Å². The third-order valence-electron chi connectivity index (χ3n) is 6.58. The number of amides is 2. The van der Waals surface area contributed by atoms with Crippen LogP contribution in [0.1, 0.15) is 31.2 Å². The molecule has 1 saturated heterocycles. The maximum atomic E-state index is 13.4. The molecular formula is C21H27N3O5S. The van der Waals surface area contributed by atoms with Gasteiger partial charge in [0.15, 0.2) is 0 Å². The SMILES string of the molecule is CS(=O)(=O)N1CC2(CC2)C[C@H](C(=O)NO)[C@H]1C(=O)N1CC=C(c2ccccc2)CC1. The summed E-state index contributed by atoms with van der Waals surface area (Å²) in [7, 11) is -3.71. The first-order chi connectivity index (χ1) is 14.2. The van der Waals surface area contributed by atoms with E-state index in [2.05, 4.69) is 0 Å². The molecule has 0 unspecified atom stereocenters. The number of hydroxylamine groups is 1. The quantitative estimate of drug-likeness (QED) is 0.549. The number of nitrogens with one attached hydrogen (secondary N) is 1. The summed E-state index contributed by atoms with van der Waals surface area (Å²) < 4.78 is 26.3. The van der Waals surface area contributed by atoms with Crippen molar-refractivity contribution in [3.05, 3.63) is 42.0 Å². The zero-order valence-electron chi connectivity index (χ0n) is 17.0. The van der Waals surface area contributed by atoms with Crippen LogP contribution in [0.2, 0.25) is 0 Å². The topological polar surface area (TPSA) is 107 Å². The predicted octanol–water partition coefficient (Wildman–Crippen LogP) is 1.24. The first-order valence-electron chi connectivity index (χ1n) is 10.2. The second-order valence-corrected chi connectivity index (χ2v) is 10.6. The zero-order valence-corrected chi connectivity index (χ0v) is 17.8. The molecule has 1 aliphatic carbocycles. The van der Waals surface area contributed by atoms with Crippen molar-refractivity contribution in [1.82, 2.24) is 14.7 Å². The maximum Gasteiger partial charge on any atom is 0.248 e. The molecule has 2 aliphatic heterocycles. The number of carbonyl (C=O) groups excluding carboxylic acids is 2. The summed E-state index contributed by atoms with van der Waals surface area (Å²) in [4.78, 5) is 27.5. The van der Waals surface area contributed by atoms with Crippen molar-refractivity contribution in [2.24, 2.45) is 11.3 Å².